The predicted molar refractivity (Wildman–Crippen MR) is 222 cm³/mol. The van der Waals surface area contributed by atoms with Gasteiger partial charge in [0.2, 0.25) is 11.8 Å². The fourth-order valence-corrected chi connectivity index (χ4v) is 9.01. The highest BCUT2D eigenvalue weighted by molar-refractivity contribution is 6.23. The number of carbonyl (C=O) groups excluding carboxylic acids is 6. The van der Waals surface area contributed by atoms with Gasteiger partial charge >= 0.3 is 24.0 Å². The highest BCUT2D eigenvalue weighted by atomic mass is 16.6. The molecule has 16 heteroatoms. The maximum atomic E-state index is 15.9. The van der Waals surface area contributed by atoms with Gasteiger partial charge in [0, 0.05) is 19.1 Å². The smallest absolute Gasteiger partial charge is 0.421 e. The van der Waals surface area contributed by atoms with Crippen molar-refractivity contribution in [1.82, 2.24) is 4.90 Å². The molecule has 7 rings (SSSR count). The molecule has 3 aliphatic heterocycles. The van der Waals surface area contributed by atoms with E-state index in [4.69, 9.17) is 34.2 Å². The minimum Gasteiger partial charge on any atom is -0.491 e. The van der Waals surface area contributed by atoms with E-state index in [1.807, 2.05) is 48.5 Å². The number of rotatable bonds is 13. The third kappa shape index (κ3) is 7.98. The largest absolute Gasteiger partial charge is 0.491 e. The SMILES string of the molecule is COCCOC(=O)N1C(=O)C2(c3cc(C#CCC(C(=O)OC)C(=O)OC)ccc31)C(C(N)=O)C1C(=O)OC(c3ccccc3)C(c3ccccc3)N1C2c1cccc(OCCO)c1. The van der Waals surface area contributed by atoms with Crippen molar-refractivity contribution in [2.75, 3.05) is 52.7 Å². The molecule has 2 saturated heterocycles. The molecule has 3 N–H and O–H groups in total. The van der Waals surface area contributed by atoms with Gasteiger partial charge < -0.3 is 39.3 Å². The van der Waals surface area contributed by atoms with Gasteiger partial charge in [-0.3, -0.25) is 28.9 Å². The van der Waals surface area contributed by atoms with Crippen LogP contribution in [0.3, 0.4) is 0 Å². The molecule has 0 saturated carbocycles. The van der Waals surface area contributed by atoms with Gasteiger partial charge in [0.25, 0.3) is 0 Å². The Morgan fingerprint density at radius 2 is 1.48 bits per heavy atom. The number of cyclic esters (lactones) is 1. The van der Waals surface area contributed by atoms with Crippen LogP contribution in [0.1, 0.15) is 52.4 Å². The van der Waals surface area contributed by atoms with Crippen LogP contribution in [0.5, 0.6) is 5.75 Å². The number of anilines is 1. The molecule has 1 spiro atoms. The molecule has 3 aliphatic rings. The van der Waals surface area contributed by atoms with Crippen LogP contribution >= 0.6 is 0 Å². The Labute approximate surface area is 362 Å². The fraction of sp³-hybridized carbons (Fsp3) is 0.319. The summed E-state index contributed by atoms with van der Waals surface area (Å²) in [5.41, 5.74) is 6.34. The number of aliphatic hydroxyl groups is 1. The molecule has 0 bridgehead atoms. The lowest BCUT2D eigenvalue weighted by molar-refractivity contribution is -0.178. The van der Waals surface area contributed by atoms with E-state index in [0.717, 1.165) is 19.1 Å². The second kappa shape index (κ2) is 18.9. The quantitative estimate of drug-likeness (QED) is 0.0646. The lowest BCUT2D eigenvalue weighted by atomic mass is 9.65. The van der Waals surface area contributed by atoms with E-state index < -0.39 is 77.3 Å². The van der Waals surface area contributed by atoms with Gasteiger partial charge in [0.05, 0.1) is 51.1 Å². The summed E-state index contributed by atoms with van der Waals surface area (Å²) in [4.78, 5) is 86.9. The number of imide groups is 1. The van der Waals surface area contributed by atoms with Gasteiger partial charge in [-0.15, -0.1) is 0 Å². The van der Waals surface area contributed by atoms with Crippen LogP contribution in [0, 0.1) is 23.7 Å². The zero-order chi connectivity index (χ0) is 44.8. The molecule has 6 atom stereocenters. The molecule has 6 unspecified atom stereocenters. The second-order valence-corrected chi connectivity index (χ2v) is 14.9. The van der Waals surface area contributed by atoms with E-state index in [1.165, 1.54) is 25.3 Å². The Balaban J connectivity index is 1.53. The number of aliphatic hydroxyl groups excluding tert-OH is 1. The molecule has 4 aromatic carbocycles. The number of nitrogens with two attached hydrogens (primary N) is 1. The van der Waals surface area contributed by atoms with E-state index >= 15 is 4.79 Å². The first-order chi connectivity index (χ1) is 30.5. The minimum atomic E-state index is -2.17. The van der Waals surface area contributed by atoms with Crippen LogP contribution in [0.15, 0.2) is 103 Å². The first-order valence-corrected chi connectivity index (χ1v) is 20.0. The molecular weight excluding hydrogens is 815 g/mol. The number of benzene rings is 4. The van der Waals surface area contributed by atoms with Crippen molar-refractivity contribution in [3.8, 4) is 17.6 Å². The number of methoxy groups -OCH3 is 3. The molecule has 16 nitrogen and oxygen atoms in total. The molecule has 2 fully saturated rings. The van der Waals surface area contributed by atoms with Crippen molar-refractivity contribution in [3.05, 3.63) is 131 Å². The zero-order valence-corrected chi connectivity index (χ0v) is 34.6. The van der Waals surface area contributed by atoms with Crippen molar-refractivity contribution in [3.63, 3.8) is 0 Å². The van der Waals surface area contributed by atoms with Gasteiger partial charge in [-0.05, 0) is 52.6 Å². The Morgan fingerprint density at radius 1 is 0.810 bits per heavy atom. The molecule has 3 heterocycles. The van der Waals surface area contributed by atoms with Crippen molar-refractivity contribution in [2.45, 2.75) is 36.1 Å². The van der Waals surface area contributed by atoms with Gasteiger partial charge in [-0.25, -0.2) is 9.69 Å². The topological polar surface area (TPSA) is 211 Å². The van der Waals surface area contributed by atoms with E-state index in [9.17, 15) is 29.1 Å². The second-order valence-electron chi connectivity index (χ2n) is 14.9. The molecule has 326 valence electrons. The first-order valence-electron chi connectivity index (χ1n) is 20.0. The summed E-state index contributed by atoms with van der Waals surface area (Å²) >= 11 is 0. The molecular formula is C47H45N3O13. The molecule has 3 amide bonds. The number of carbonyl (C=O) groups is 6. The van der Waals surface area contributed by atoms with Crippen LogP contribution in [0.4, 0.5) is 10.5 Å². The minimum absolute atomic E-state index is 0.00688. The van der Waals surface area contributed by atoms with Crippen LogP contribution in [-0.2, 0) is 53.1 Å². The summed E-state index contributed by atoms with van der Waals surface area (Å²) in [7, 11) is 3.68. The first kappa shape index (κ1) is 44.0. The number of nitrogens with zero attached hydrogens (tertiary/aromatic N) is 2. The summed E-state index contributed by atoms with van der Waals surface area (Å²) in [5, 5.41) is 9.66. The Hall–Kier alpha value is -7.06. The number of hydrogen-bond acceptors (Lipinski definition) is 14. The lowest BCUT2D eigenvalue weighted by Gasteiger charge is -2.46. The molecule has 0 radical (unpaired) electrons. The lowest BCUT2D eigenvalue weighted by Crippen LogP contribution is -2.55. The predicted octanol–water partition coefficient (Wildman–Crippen LogP) is 3.70. The normalized spacial score (nSPS) is 22.4. The van der Waals surface area contributed by atoms with Crippen molar-refractivity contribution < 1.29 is 62.3 Å². The zero-order valence-electron chi connectivity index (χ0n) is 34.6. The van der Waals surface area contributed by atoms with Crippen LogP contribution in [0.2, 0.25) is 0 Å². The molecule has 4 aromatic rings. The fourth-order valence-electron chi connectivity index (χ4n) is 9.01. The standard InChI is InChI=1S/C47H45N3O13/c1-58-24-25-62-46(57)49-35-21-20-28(12-10-19-33(42(53)59-2)43(54)60-3)26-34(35)47(45(49)56)36(41(48)52)38-44(55)63-39(30-15-8-5-9-16-30)37(29-13-6-4-7-14-29)50(38)40(47)31-17-11-18-32(27-31)61-23-22-51/h4-9,11,13-18,20-21,26-27,33,36-40,51H,19,22-25H2,1-3H3,(H2,48,52). The summed E-state index contributed by atoms with van der Waals surface area (Å²) < 4.78 is 32.4. The van der Waals surface area contributed by atoms with Gasteiger partial charge in [-0.2, -0.15) is 0 Å². The molecule has 0 aromatic heterocycles. The third-order valence-electron chi connectivity index (χ3n) is 11.5. The summed E-state index contributed by atoms with van der Waals surface area (Å²) in [6.45, 7) is -0.587. The van der Waals surface area contributed by atoms with Gasteiger partial charge in [0.15, 0.2) is 5.92 Å². The van der Waals surface area contributed by atoms with Gasteiger partial charge in [-0.1, -0.05) is 84.6 Å². The van der Waals surface area contributed by atoms with Crippen molar-refractivity contribution in [2.24, 2.45) is 17.6 Å². The number of primary amides is 1. The number of hydrogen-bond donors (Lipinski definition) is 2. The maximum Gasteiger partial charge on any atom is 0.421 e. The number of amides is 3. The number of fused-ring (bicyclic) bond motifs is 3. The Bertz CT molecular complexity index is 2440. The van der Waals surface area contributed by atoms with E-state index in [-0.39, 0.29) is 49.7 Å². The highest BCUT2D eigenvalue weighted by Crippen LogP contribution is 2.66. The average Bonchev–Trinajstić information content (AvgIpc) is 3.76. The van der Waals surface area contributed by atoms with E-state index in [1.54, 1.807) is 41.3 Å². The monoisotopic (exact) mass is 859 g/mol. The number of esters is 3. The summed E-state index contributed by atoms with van der Waals surface area (Å²) in [5.74, 6) is -1.47. The van der Waals surface area contributed by atoms with Crippen molar-refractivity contribution >= 4 is 41.5 Å². The van der Waals surface area contributed by atoms with E-state index in [2.05, 4.69) is 11.8 Å². The summed E-state index contributed by atoms with van der Waals surface area (Å²) in [6, 6.07) is 25.8. The molecule has 63 heavy (non-hydrogen) atoms. The van der Waals surface area contributed by atoms with Crippen molar-refractivity contribution in [1.29, 1.82) is 0 Å². The third-order valence-corrected chi connectivity index (χ3v) is 11.5. The van der Waals surface area contributed by atoms with Crippen LogP contribution < -0.4 is 15.4 Å². The summed E-state index contributed by atoms with van der Waals surface area (Å²) in [6.07, 6.45) is -2.35. The highest BCUT2D eigenvalue weighted by Gasteiger charge is 2.75. The van der Waals surface area contributed by atoms with Crippen LogP contribution in [0.25, 0.3) is 0 Å². The number of ether oxygens (including phenoxy) is 6. The Morgan fingerprint density at radius 3 is 2.11 bits per heavy atom. The van der Waals surface area contributed by atoms with Crippen LogP contribution in [-0.4, -0.2) is 99.6 Å². The number of morpholine rings is 1. The van der Waals surface area contributed by atoms with E-state index in [0.29, 0.717) is 22.4 Å². The Kier molecular flexibility index (Phi) is 13.2. The maximum absolute atomic E-state index is 15.9. The average molecular weight is 860 g/mol. The molecule has 0 aliphatic carbocycles. The van der Waals surface area contributed by atoms with Gasteiger partial charge in [0.1, 0.15) is 36.5 Å².